The third-order valence-electron chi connectivity index (χ3n) is 19.7. The van der Waals surface area contributed by atoms with Crippen molar-refractivity contribution in [1.29, 1.82) is 0 Å². The Morgan fingerprint density at radius 1 is 0.370 bits per heavy atom. The zero-order valence-corrected chi connectivity index (χ0v) is 62.2. The van der Waals surface area contributed by atoms with Crippen LogP contribution in [-0.2, 0) is 33.2 Å². The van der Waals surface area contributed by atoms with Gasteiger partial charge in [-0.1, -0.05) is 299 Å². The van der Waals surface area contributed by atoms with Crippen LogP contribution in [0.15, 0.2) is 72.9 Å². The van der Waals surface area contributed by atoms with Crippen LogP contribution in [0.4, 0.5) is 0 Å². The Labute approximate surface area is 604 Å². The van der Waals surface area contributed by atoms with E-state index in [1.54, 1.807) is 6.08 Å². The molecule has 582 valence electrons. The number of aliphatic hydroxyl groups is 11. The first-order chi connectivity index (χ1) is 48.8. The van der Waals surface area contributed by atoms with Crippen LogP contribution in [0.25, 0.3) is 0 Å². The van der Waals surface area contributed by atoms with Gasteiger partial charge < -0.3 is 89.9 Å². The summed E-state index contributed by atoms with van der Waals surface area (Å²) in [7, 11) is 0. The number of ether oxygens (including phenoxy) is 6. The SMILES string of the molecule is CC/C=C\C/C=C\C/C=C\C/C=C\CCCCCCCCCCCCCCCCCCC(=O)NC(COC1OC(CO)C(OC2OC(CO)C(OC3OC(CO)C(O)C(O)C3O)C(O)C2O)C(O)C1O)C(O)/C=C/CC/C=C/CCCCCCCCCCCCCCCCCCCCCC. The van der Waals surface area contributed by atoms with Gasteiger partial charge in [-0.15, -0.1) is 0 Å². The van der Waals surface area contributed by atoms with Gasteiger partial charge in [-0.2, -0.15) is 0 Å². The second kappa shape index (κ2) is 61.4. The lowest BCUT2D eigenvalue weighted by molar-refractivity contribution is -0.379. The molecule has 17 atom stereocenters. The third-order valence-corrected chi connectivity index (χ3v) is 19.7. The standard InChI is InChI=1S/C81H145NO18/c1-3-5-7-9-11-13-15-17-19-21-23-25-27-29-31-32-33-35-37-39-41-43-45-47-49-51-53-55-57-59-69(87)82-64(65(86)58-56-54-52-50-48-46-44-42-40-38-36-34-30-28-26-24-22-20-18-16-14-12-10-8-6-4-2)63-95-79-75(93)72(90)77(67(61-84)97-79)100-81-76(94)73(91)78(68(62-85)98-81)99-80-74(92)71(89)70(88)66(60-83)96-80/h5,7,11,13,17,19,23,25,48,50,56,58,64-68,70-81,83-86,88-94H,3-4,6,8-10,12,14-16,18,20-22,24,26-47,49,51-55,57,59-63H2,1-2H3,(H,82,87)/b7-5-,13-11-,19-17-,25-23-,50-48+,58-56+. The van der Waals surface area contributed by atoms with E-state index in [1.807, 2.05) is 6.08 Å². The van der Waals surface area contributed by atoms with Crippen molar-refractivity contribution in [1.82, 2.24) is 5.32 Å². The predicted molar refractivity (Wildman–Crippen MR) is 397 cm³/mol. The summed E-state index contributed by atoms with van der Waals surface area (Å²) in [5, 5.41) is 121. The van der Waals surface area contributed by atoms with E-state index in [2.05, 4.69) is 79.9 Å². The molecule has 1 amide bonds. The number of nitrogens with one attached hydrogen (secondary N) is 1. The fourth-order valence-electron chi connectivity index (χ4n) is 13.3. The van der Waals surface area contributed by atoms with Crippen molar-refractivity contribution in [3.05, 3.63) is 72.9 Å². The van der Waals surface area contributed by atoms with E-state index in [9.17, 15) is 61.0 Å². The van der Waals surface area contributed by atoms with Gasteiger partial charge in [-0.25, -0.2) is 0 Å². The number of hydrogen-bond acceptors (Lipinski definition) is 18. The monoisotopic (exact) mass is 1420 g/mol. The molecule has 0 spiro atoms. The van der Waals surface area contributed by atoms with Crippen molar-refractivity contribution in [2.24, 2.45) is 0 Å². The summed E-state index contributed by atoms with van der Waals surface area (Å²) >= 11 is 0. The molecule has 0 aromatic carbocycles. The number of aliphatic hydroxyl groups excluding tert-OH is 11. The van der Waals surface area contributed by atoms with Gasteiger partial charge in [-0.05, 0) is 70.6 Å². The number of amides is 1. The summed E-state index contributed by atoms with van der Waals surface area (Å²) in [5.41, 5.74) is 0. The summed E-state index contributed by atoms with van der Waals surface area (Å²) in [6.07, 6.45) is 53.2. The minimum Gasteiger partial charge on any atom is -0.394 e. The Morgan fingerprint density at radius 3 is 1.12 bits per heavy atom. The fourth-order valence-corrected chi connectivity index (χ4v) is 13.3. The number of carbonyl (C=O) groups is 1. The van der Waals surface area contributed by atoms with Gasteiger partial charge in [0.1, 0.15) is 73.2 Å². The van der Waals surface area contributed by atoms with Gasteiger partial charge in [0, 0.05) is 6.42 Å². The first-order valence-electron chi connectivity index (χ1n) is 40.2. The predicted octanol–water partition coefficient (Wildman–Crippen LogP) is 13.2. The number of unbranched alkanes of at least 4 members (excludes halogenated alkanes) is 37. The number of carbonyl (C=O) groups excluding carboxylic acids is 1. The largest absolute Gasteiger partial charge is 0.394 e. The van der Waals surface area contributed by atoms with Crippen LogP contribution in [-0.4, -0.2) is 193 Å². The molecular weight excluding hydrogens is 1270 g/mol. The Kier molecular flexibility index (Phi) is 56.1. The molecule has 19 heteroatoms. The minimum absolute atomic E-state index is 0.234. The van der Waals surface area contributed by atoms with Crippen LogP contribution in [0.2, 0.25) is 0 Å². The van der Waals surface area contributed by atoms with Crippen LogP contribution in [0.3, 0.4) is 0 Å². The topological polar surface area (TPSA) is 307 Å². The average molecular weight is 1420 g/mol. The number of allylic oxidation sites excluding steroid dienone is 11. The molecule has 17 unspecified atom stereocenters. The average Bonchev–Trinajstić information content (AvgIpc) is 0.783. The maximum atomic E-state index is 13.5. The Balaban J connectivity index is 1.39. The molecule has 0 aromatic rings. The van der Waals surface area contributed by atoms with Crippen molar-refractivity contribution in [2.75, 3.05) is 26.4 Å². The summed E-state index contributed by atoms with van der Waals surface area (Å²) in [5.74, 6) is -0.284. The molecule has 3 aliphatic heterocycles. The molecule has 3 heterocycles. The highest BCUT2D eigenvalue weighted by Crippen LogP contribution is 2.33. The van der Waals surface area contributed by atoms with Crippen molar-refractivity contribution in [2.45, 2.75) is 407 Å². The molecule has 19 nitrogen and oxygen atoms in total. The maximum Gasteiger partial charge on any atom is 0.220 e. The fraction of sp³-hybridized carbons (Fsp3) is 0.840. The van der Waals surface area contributed by atoms with E-state index in [0.717, 1.165) is 64.2 Å². The van der Waals surface area contributed by atoms with Crippen LogP contribution in [0, 0.1) is 0 Å². The maximum absolute atomic E-state index is 13.5. The lowest BCUT2D eigenvalue weighted by atomic mass is 9.96. The smallest absolute Gasteiger partial charge is 0.220 e. The minimum atomic E-state index is -1.98. The number of rotatable bonds is 63. The Hall–Kier alpha value is -2.77. The molecule has 0 bridgehead atoms. The van der Waals surface area contributed by atoms with E-state index >= 15 is 0 Å². The zero-order chi connectivity index (χ0) is 72.5. The van der Waals surface area contributed by atoms with E-state index in [1.165, 1.54) is 205 Å². The van der Waals surface area contributed by atoms with Crippen molar-refractivity contribution in [3.8, 4) is 0 Å². The molecule has 12 N–H and O–H groups in total. The second-order valence-electron chi connectivity index (χ2n) is 28.5. The zero-order valence-electron chi connectivity index (χ0n) is 62.2. The molecule has 100 heavy (non-hydrogen) atoms. The van der Waals surface area contributed by atoms with Crippen LogP contribution in [0.5, 0.6) is 0 Å². The first kappa shape index (κ1) is 91.4. The van der Waals surface area contributed by atoms with Crippen molar-refractivity contribution < 1.29 is 89.4 Å². The molecule has 3 rings (SSSR count). The Bertz CT molecular complexity index is 2090. The molecule has 3 aliphatic rings. The highest BCUT2D eigenvalue weighted by atomic mass is 16.8. The van der Waals surface area contributed by atoms with E-state index < -0.39 is 124 Å². The van der Waals surface area contributed by atoms with E-state index in [-0.39, 0.29) is 18.9 Å². The molecule has 0 aliphatic carbocycles. The third kappa shape index (κ3) is 41.2. The molecule has 0 radical (unpaired) electrons. The molecular formula is C81H145NO18. The van der Waals surface area contributed by atoms with Gasteiger partial charge in [0.2, 0.25) is 5.91 Å². The van der Waals surface area contributed by atoms with Crippen molar-refractivity contribution >= 4 is 5.91 Å². The normalized spacial score (nSPS) is 26.8. The number of hydrogen-bond donors (Lipinski definition) is 12. The van der Waals surface area contributed by atoms with Gasteiger partial charge >= 0.3 is 0 Å². The van der Waals surface area contributed by atoms with Crippen LogP contribution < -0.4 is 5.32 Å². The van der Waals surface area contributed by atoms with E-state index in [4.69, 9.17) is 28.4 Å². The quantitative estimate of drug-likeness (QED) is 0.0199. The lowest BCUT2D eigenvalue weighted by Gasteiger charge is -2.48. The lowest BCUT2D eigenvalue weighted by Crippen LogP contribution is -2.66. The van der Waals surface area contributed by atoms with Gasteiger partial charge in [0.25, 0.3) is 0 Å². The summed E-state index contributed by atoms with van der Waals surface area (Å²) in [6.45, 7) is 1.64. The van der Waals surface area contributed by atoms with Crippen LogP contribution in [0.1, 0.15) is 303 Å². The van der Waals surface area contributed by atoms with E-state index in [0.29, 0.717) is 12.8 Å². The van der Waals surface area contributed by atoms with Gasteiger partial charge in [0.15, 0.2) is 18.9 Å². The van der Waals surface area contributed by atoms with Crippen LogP contribution >= 0.6 is 0 Å². The molecule has 3 saturated heterocycles. The second-order valence-corrected chi connectivity index (χ2v) is 28.5. The Morgan fingerprint density at radius 2 is 0.700 bits per heavy atom. The summed E-state index contributed by atoms with van der Waals surface area (Å²) in [6, 6.07) is -0.994. The first-order valence-corrected chi connectivity index (χ1v) is 40.2. The molecule has 0 saturated carbocycles. The summed E-state index contributed by atoms with van der Waals surface area (Å²) in [4.78, 5) is 13.5. The van der Waals surface area contributed by atoms with Gasteiger partial charge in [-0.3, -0.25) is 4.79 Å². The van der Waals surface area contributed by atoms with Gasteiger partial charge in [0.05, 0.1) is 38.6 Å². The molecule has 0 aromatic heterocycles. The van der Waals surface area contributed by atoms with Crippen molar-refractivity contribution in [3.63, 3.8) is 0 Å². The highest BCUT2D eigenvalue weighted by molar-refractivity contribution is 5.76. The molecule has 3 fully saturated rings. The summed E-state index contributed by atoms with van der Waals surface area (Å²) < 4.78 is 34.4. The highest BCUT2D eigenvalue weighted by Gasteiger charge is 2.54.